The van der Waals surface area contributed by atoms with E-state index in [1.165, 1.54) is 36.0 Å². The van der Waals surface area contributed by atoms with Gasteiger partial charge in [0.2, 0.25) is 5.91 Å². The maximum atomic E-state index is 13.3. The number of amides is 1. The Bertz CT molecular complexity index is 1150. The van der Waals surface area contributed by atoms with Crippen molar-refractivity contribution in [3.63, 3.8) is 0 Å². The number of benzene rings is 2. The second-order valence-electron chi connectivity index (χ2n) is 9.50. The third kappa shape index (κ3) is 4.15. The van der Waals surface area contributed by atoms with Crippen molar-refractivity contribution >= 4 is 5.91 Å². The Morgan fingerprint density at radius 2 is 1.91 bits per heavy atom. The van der Waals surface area contributed by atoms with Gasteiger partial charge in [0.05, 0.1) is 0 Å². The van der Waals surface area contributed by atoms with E-state index in [0.29, 0.717) is 0 Å². The molecule has 0 radical (unpaired) electrons. The first-order valence-corrected chi connectivity index (χ1v) is 12.2. The van der Waals surface area contributed by atoms with Crippen molar-refractivity contribution in [3.8, 4) is 0 Å². The van der Waals surface area contributed by atoms with E-state index in [1.807, 2.05) is 60.7 Å². The van der Waals surface area contributed by atoms with E-state index in [0.717, 1.165) is 43.6 Å². The molecule has 5 rings (SSSR count). The largest absolute Gasteiger partial charge is 0.369 e. The third-order valence-corrected chi connectivity index (χ3v) is 7.63. The molecule has 1 aliphatic heterocycles. The fraction of sp³-hybridized carbons (Fsp3) is 0.333. The minimum Gasteiger partial charge on any atom is -0.369 e. The summed E-state index contributed by atoms with van der Waals surface area (Å²) in [4.78, 5) is 15.8. The van der Waals surface area contributed by atoms with Gasteiger partial charge in [-0.05, 0) is 79.0 Å². The highest BCUT2D eigenvalue weighted by atomic mass is 16.1. The molecule has 0 spiro atoms. The number of fused-ring (bicyclic) bond motifs is 1. The molecule has 2 aliphatic carbocycles. The Hall–Kier alpha value is -3.13. The lowest BCUT2D eigenvalue weighted by atomic mass is 9.64. The zero-order valence-corrected chi connectivity index (χ0v) is 19.2. The van der Waals surface area contributed by atoms with Crippen molar-refractivity contribution in [3.05, 3.63) is 112 Å². The number of nitrogens with two attached hydrogens (primary N) is 1. The standard InChI is InChI=1S/C30H32N2O/c31-29(33)30(27-13-6-3-7-14-27,26-11-4-1-2-5-12-26)28-18-20-32(22-28)19-17-23-15-16-24-9-8-10-25(24)21-23/h1-7,11,13-16,21,28H,8-10,17-20,22H2,(H2,31,33). The summed E-state index contributed by atoms with van der Waals surface area (Å²) in [6, 6.07) is 17.1. The number of likely N-dealkylation sites (tertiary alicyclic amines) is 1. The molecule has 2 aromatic rings. The van der Waals surface area contributed by atoms with Crippen LogP contribution in [0.3, 0.4) is 0 Å². The van der Waals surface area contributed by atoms with Crippen LogP contribution in [0, 0.1) is 5.92 Å². The second kappa shape index (κ2) is 9.39. The Kier molecular flexibility index (Phi) is 6.17. The van der Waals surface area contributed by atoms with Crippen LogP contribution in [0.5, 0.6) is 0 Å². The lowest BCUT2D eigenvalue weighted by Gasteiger charge is -2.37. The third-order valence-electron chi connectivity index (χ3n) is 7.63. The zero-order chi connectivity index (χ0) is 22.7. The minimum absolute atomic E-state index is 0.107. The molecule has 33 heavy (non-hydrogen) atoms. The van der Waals surface area contributed by atoms with Crippen molar-refractivity contribution in [2.45, 2.75) is 37.5 Å². The Labute approximate surface area is 197 Å². The number of carbonyl (C=O) groups excluding carboxylic acids is 1. The molecule has 0 saturated carbocycles. The summed E-state index contributed by atoms with van der Waals surface area (Å²) in [7, 11) is 0. The summed E-state index contributed by atoms with van der Waals surface area (Å²) in [6.45, 7) is 2.84. The van der Waals surface area contributed by atoms with Crippen molar-refractivity contribution < 1.29 is 4.79 Å². The van der Waals surface area contributed by atoms with Crippen LogP contribution in [0.15, 0.2) is 90.2 Å². The molecular formula is C30H32N2O. The fourth-order valence-electron chi connectivity index (χ4n) is 5.95. The summed E-state index contributed by atoms with van der Waals surface area (Å²) in [5, 5.41) is 0. The molecule has 2 N–H and O–H groups in total. The lowest BCUT2D eigenvalue weighted by molar-refractivity contribution is -0.123. The highest BCUT2D eigenvalue weighted by Crippen LogP contribution is 2.44. The topological polar surface area (TPSA) is 46.3 Å². The zero-order valence-electron chi connectivity index (χ0n) is 19.2. The lowest BCUT2D eigenvalue weighted by Crippen LogP contribution is -2.49. The van der Waals surface area contributed by atoms with Crippen LogP contribution in [0.2, 0.25) is 0 Å². The highest BCUT2D eigenvalue weighted by molar-refractivity contribution is 5.92. The maximum absolute atomic E-state index is 13.3. The summed E-state index contributed by atoms with van der Waals surface area (Å²) in [6.07, 6.45) is 15.5. The number of hydrogen-bond acceptors (Lipinski definition) is 2. The average molecular weight is 437 g/mol. The van der Waals surface area contributed by atoms with Gasteiger partial charge in [-0.3, -0.25) is 4.79 Å². The number of aryl methyl sites for hydroxylation is 2. The van der Waals surface area contributed by atoms with Crippen LogP contribution >= 0.6 is 0 Å². The summed E-state index contributed by atoms with van der Waals surface area (Å²) < 4.78 is 0. The van der Waals surface area contributed by atoms with E-state index in [2.05, 4.69) is 28.8 Å². The van der Waals surface area contributed by atoms with Crippen LogP contribution in [0.4, 0.5) is 0 Å². The first-order chi connectivity index (χ1) is 16.2. The number of primary amides is 1. The summed E-state index contributed by atoms with van der Waals surface area (Å²) in [5.74, 6) is -0.183. The van der Waals surface area contributed by atoms with Gasteiger partial charge in [0.1, 0.15) is 5.41 Å². The highest BCUT2D eigenvalue weighted by Gasteiger charge is 2.50. The van der Waals surface area contributed by atoms with Crippen LogP contribution in [-0.4, -0.2) is 30.4 Å². The predicted molar refractivity (Wildman–Crippen MR) is 134 cm³/mol. The van der Waals surface area contributed by atoms with Gasteiger partial charge in [0.25, 0.3) is 0 Å². The summed E-state index contributed by atoms with van der Waals surface area (Å²) in [5.41, 5.74) is 15.0. The van der Waals surface area contributed by atoms with E-state index >= 15 is 0 Å². The van der Waals surface area contributed by atoms with Crippen LogP contribution in [-0.2, 0) is 29.5 Å². The number of rotatable bonds is 7. The molecule has 2 atom stereocenters. The quantitative estimate of drug-likeness (QED) is 0.641. The molecule has 2 unspecified atom stereocenters. The molecule has 2 aromatic carbocycles. The van der Waals surface area contributed by atoms with E-state index < -0.39 is 5.41 Å². The molecule has 0 aromatic heterocycles. The Morgan fingerprint density at radius 1 is 1.06 bits per heavy atom. The van der Waals surface area contributed by atoms with Crippen molar-refractivity contribution in [1.82, 2.24) is 4.90 Å². The molecule has 3 nitrogen and oxygen atoms in total. The second-order valence-corrected chi connectivity index (χ2v) is 9.50. The van der Waals surface area contributed by atoms with Crippen LogP contribution in [0.25, 0.3) is 0 Å². The molecule has 1 heterocycles. The summed E-state index contributed by atoms with van der Waals surface area (Å²) >= 11 is 0. The minimum atomic E-state index is -0.886. The van der Waals surface area contributed by atoms with Crippen molar-refractivity contribution in [1.29, 1.82) is 0 Å². The van der Waals surface area contributed by atoms with E-state index in [1.54, 1.807) is 0 Å². The number of carbonyl (C=O) groups is 1. The van der Waals surface area contributed by atoms with Gasteiger partial charge in [-0.25, -0.2) is 0 Å². The Morgan fingerprint density at radius 3 is 2.76 bits per heavy atom. The number of allylic oxidation sites excluding steroid dienone is 4. The number of nitrogens with zero attached hydrogens (tertiary/aromatic N) is 1. The monoisotopic (exact) mass is 436 g/mol. The van der Waals surface area contributed by atoms with Crippen molar-refractivity contribution in [2.24, 2.45) is 11.7 Å². The smallest absolute Gasteiger partial charge is 0.233 e. The van der Waals surface area contributed by atoms with Gasteiger partial charge in [0.15, 0.2) is 0 Å². The molecular weight excluding hydrogens is 404 g/mol. The van der Waals surface area contributed by atoms with E-state index in [4.69, 9.17) is 5.73 Å². The van der Waals surface area contributed by atoms with Gasteiger partial charge in [-0.15, -0.1) is 5.73 Å². The van der Waals surface area contributed by atoms with E-state index in [9.17, 15) is 4.79 Å². The molecule has 0 bridgehead atoms. The maximum Gasteiger partial charge on any atom is 0.233 e. The van der Waals surface area contributed by atoms with Crippen LogP contribution < -0.4 is 5.73 Å². The molecule has 3 heteroatoms. The molecule has 1 fully saturated rings. The van der Waals surface area contributed by atoms with Crippen LogP contribution in [0.1, 0.15) is 35.1 Å². The normalized spacial score (nSPS) is 21.5. The first kappa shape index (κ1) is 21.7. The van der Waals surface area contributed by atoms with E-state index in [-0.39, 0.29) is 11.8 Å². The number of hydrogen-bond donors (Lipinski definition) is 1. The SMILES string of the molecule is NC(=O)C(C1=C=CC=CC=C1)(c1ccccc1)C1CCN(CCc2ccc3c(c2)CCC3)C1. The fourth-order valence-corrected chi connectivity index (χ4v) is 5.95. The Balaban J connectivity index is 1.40. The van der Waals surface area contributed by atoms with Gasteiger partial charge in [-0.2, -0.15) is 0 Å². The van der Waals surface area contributed by atoms with Gasteiger partial charge in [-0.1, -0.05) is 66.8 Å². The predicted octanol–water partition coefficient (Wildman–Crippen LogP) is 4.67. The van der Waals surface area contributed by atoms with Gasteiger partial charge >= 0.3 is 0 Å². The molecule has 1 amide bonds. The molecule has 3 aliphatic rings. The first-order valence-electron chi connectivity index (χ1n) is 12.2. The van der Waals surface area contributed by atoms with Crippen molar-refractivity contribution in [2.75, 3.05) is 19.6 Å². The molecule has 168 valence electrons. The van der Waals surface area contributed by atoms with Gasteiger partial charge < -0.3 is 10.6 Å². The van der Waals surface area contributed by atoms with Gasteiger partial charge in [0, 0.05) is 18.7 Å². The average Bonchev–Trinajstić information content (AvgIpc) is 3.42. The molecule has 1 saturated heterocycles.